The Morgan fingerprint density at radius 1 is 1.15 bits per heavy atom. The molecule has 0 fully saturated rings. The van der Waals surface area contributed by atoms with Crippen molar-refractivity contribution in [1.29, 1.82) is 0 Å². The van der Waals surface area contributed by atoms with Gasteiger partial charge in [-0.2, -0.15) is 0 Å². The number of H-pyrrole nitrogens is 1. The molecule has 0 spiro atoms. The van der Waals surface area contributed by atoms with Gasteiger partial charge in [-0.15, -0.1) is 0 Å². The summed E-state index contributed by atoms with van der Waals surface area (Å²) < 4.78 is 5.76. The number of carboxylic acid groups (broad SMARTS) is 1. The highest BCUT2D eigenvalue weighted by Gasteiger charge is 2.11. The summed E-state index contributed by atoms with van der Waals surface area (Å²) in [6.45, 7) is 0.401. The predicted octanol–water partition coefficient (Wildman–Crippen LogP) is 3.45. The van der Waals surface area contributed by atoms with Crippen LogP contribution in [0.4, 0.5) is 0 Å². The fourth-order valence-corrected chi connectivity index (χ4v) is 2.11. The molecule has 0 bridgehead atoms. The number of aromatic nitrogens is 1. The van der Waals surface area contributed by atoms with Crippen molar-refractivity contribution in [1.82, 2.24) is 4.98 Å². The Bertz CT molecular complexity index is 747. The molecule has 1 heterocycles. The smallest absolute Gasteiger partial charge is 0.335 e. The lowest BCUT2D eigenvalue weighted by Gasteiger charge is -2.08. The van der Waals surface area contributed by atoms with Crippen molar-refractivity contribution < 1.29 is 14.6 Å². The van der Waals surface area contributed by atoms with Crippen LogP contribution >= 0.6 is 0 Å². The summed E-state index contributed by atoms with van der Waals surface area (Å²) in [7, 11) is 0. The second kappa shape index (κ2) is 5.09. The van der Waals surface area contributed by atoms with Crippen LogP contribution in [0.5, 0.6) is 5.75 Å². The van der Waals surface area contributed by atoms with E-state index in [2.05, 4.69) is 4.98 Å². The number of hydrogen-bond donors (Lipinski definition) is 2. The van der Waals surface area contributed by atoms with Gasteiger partial charge in [0, 0.05) is 11.6 Å². The monoisotopic (exact) mass is 267 g/mol. The molecule has 3 rings (SSSR count). The Balaban J connectivity index is 1.93. The zero-order chi connectivity index (χ0) is 13.9. The molecule has 0 aliphatic carbocycles. The van der Waals surface area contributed by atoms with Gasteiger partial charge in [0.2, 0.25) is 0 Å². The highest BCUT2D eigenvalue weighted by Crippen LogP contribution is 2.27. The van der Waals surface area contributed by atoms with Crippen molar-refractivity contribution in [3.05, 3.63) is 65.9 Å². The average molecular weight is 267 g/mol. The lowest BCUT2D eigenvalue weighted by atomic mass is 10.1. The molecule has 0 aliphatic heterocycles. The summed E-state index contributed by atoms with van der Waals surface area (Å²) in [5, 5.41) is 9.95. The molecule has 4 nitrogen and oxygen atoms in total. The molecule has 2 aromatic carbocycles. The maximum atomic E-state index is 11.1. The Labute approximate surface area is 115 Å². The van der Waals surface area contributed by atoms with Crippen LogP contribution in [-0.2, 0) is 6.61 Å². The molecule has 0 radical (unpaired) electrons. The van der Waals surface area contributed by atoms with Crippen molar-refractivity contribution in [2.45, 2.75) is 6.61 Å². The number of hydrogen-bond acceptors (Lipinski definition) is 2. The van der Waals surface area contributed by atoms with Crippen LogP contribution < -0.4 is 4.74 Å². The Morgan fingerprint density at radius 3 is 2.70 bits per heavy atom. The molecule has 0 saturated heterocycles. The molecule has 0 aliphatic rings. The number of nitrogens with one attached hydrogen (secondary N) is 1. The minimum absolute atomic E-state index is 0.222. The fraction of sp³-hybridized carbons (Fsp3) is 0.0625. The van der Waals surface area contributed by atoms with E-state index in [1.54, 1.807) is 18.3 Å². The van der Waals surface area contributed by atoms with E-state index in [0.717, 1.165) is 16.5 Å². The van der Waals surface area contributed by atoms with Gasteiger partial charge in [-0.05, 0) is 23.8 Å². The lowest BCUT2D eigenvalue weighted by molar-refractivity contribution is 0.0696. The normalized spacial score (nSPS) is 10.6. The van der Waals surface area contributed by atoms with E-state index in [1.165, 1.54) is 0 Å². The van der Waals surface area contributed by atoms with Crippen molar-refractivity contribution in [2.24, 2.45) is 0 Å². The Kier molecular flexibility index (Phi) is 3.13. The topological polar surface area (TPSA) is 62.3 Å². The van der Waals surface area contributed by atoms with Crippen LogP contribution in [0.25, 0.3) is 10.9 Å². The molecule has 20 heavy (non-hydrogen) atoms. The maximum Gasteiger partial charge on any atom is 0.335 e. The number of carbonyl (C=O) groups is 1. The first-order chi connectivity index (χ1) is 9.74. The van der Waals surface area contributed by atoms with Crippen LogP contribution in [0.2, 0.25) is 0 Å². The van der Waals surface area contributed by atoms with E-state index in [0.29, 0.717) is 12.4 Å². The summed E-state index contributed by atoms with van der Waals surface area (Å²) in [5.74, 6) is -0.411. The molecule has 2 N–H and O–H groups in total. The number of aromatic carboxylic acids is 1. The van der Waals surface area contributed by atoms with Crippen LogP contribution in [0, 0.1) is 0 Å². The summed E-state index contributed by atoms with van der Waals surface area (Å²) in [6.07, 6.45) is 1.77. The summed E-state index contributed by atoms with van der Waals surface area (Å²) in [6, 6.07) is 14.8. The van der Waals surface area contributed by atoms with Gasteiger partial charge < -0.3 is 14.8 Å². The third-order valence-corrected chi connectivity index (χ3v) is 3.11. The number of benzene rings is 2. The zero-order valence-corrected chi connectivity index (χ0v) is 10.7. The van der Waals surface area contributed by atoms with Crippen LogP contribution in [-0.4, -0.2) is 16.1 Å². The second-order valence-electron chi connectivity index (χ2n) is 4.50. The second-order valence-corrected chi connectivity index (χ2v) is 4.50. The van der Waals surface area contributed by atoms with Gasteiger partial charge >= 0.3 is 5.97 Å². The predicted molar refractivity (Wildman–Crippen MR) is 76.0 cm³/mol. The van der Waals surface area contributed by atoms with E-state index >= 15 is 0 Å². The third kappa shape index (κ3) is 2.36. The van der Waals surface area contributed by atoms with Crippen LogP contribution in [0.3, 0.4) is 0 Å². The molecule has 100 valence electrons. The summed E-state index contributed by atoms with van der Waals surface area (Å²) in [4.78, 5) is 14.2. The fourth-order valence-electron chi connectivity index (χ4n) is 2.11. The molecular weight excluding hydrogens is 254 g/mol. The van der Waals surface area contributed by atoms with E-state index in [-0.39, 0.29) is 5.56 Å². The molecule has 4 heteroatoms. The molecule has 3 aromatic rings. The average Bonchev–Trinajstić information content (AvgIpc) is 2.94. The SMILES string of the molecule is O=C(O)c1cc(OCc2ccccc2)c2[nH]ccc2c1. The van der Waals surface area contributed by atoms with Crippen LogP contribution in [0.15, 0.2) is 54.7 Å². The first-order valence-electron chi connectivity index (χ1n) is 6.25. The zero-order valence-electron chi connectivity index (χ0n) is 10.7. The van der Waals surface area contributed by atoms with Gasteiger partial charge in [0.05, 0.1) is 11.1 Å². The van der Waals surface area contributed by atoms with Gasteiger partial charge in [-0.1, -0.05) is 30.3 Å². The molecular formula is C16H13NO3. The van der Waals surface area contributed by atoms with E-state index in [1.807, 2.05) is 36.4 Å². The molecule has 1 aromatic heterocycles. The van der Waals surface area contributed by atoms with Gasteiger partial charge in [-0.3, -0.25) is 0 Å². The van der Waals surface area contributed by atoms with E-state index in [9.17, 15) is 4.79 Å². The number of ether oxygens (including phenoxy) is 1. The number of carboxylic acids is 1. The molecule has 0 atom stereocenters. The minimum atomic E-state index is -0.960. The largest absolute Gasteiger partial charge is 0.487 e. The molecule has 0 amide bonds. The first-order valence-corrected chi connectivity index (χ1v) is 6.25. The van der Waals surface area contributed by atoms with Gasteiger partial charge in [-0.25, -0.2) is 4.79 Å². The maximum absolute atomic E-state index is 11.1. The Hall–Kier alpha value is -2.75. The quantitative estimate of drug-likeness (QED) is 0.761. The van der Waals surface area contributed by atoms with Crippen molar-refractivity contribution in [3.8, 4) is 5.75 Å². The van der Waals surface area contributed by atoms with Crippen molar-refractivity contribution in [3.63, 3.8) is 0 Å². The molecule has 0 unspecified atom stereocenters. The Morgan fingerprint density at radius 2 is 1.95 bits per heavy atom. The van der Waals surface area contributed by atoms with Gasteiger partial charge in [0.15, 0.2) is 0 Å². The van der Waals surface area contributed by atoms with E-state index < -0.39 is 5.97 Å². The summed E-state index contributed by atoms with van der Waals surface area (Å²) >= 11 is 0. The van der Waals surface area contributed by atoms with Gasteiger partial charge in [0.25, 0.3) is 0 Å². The lowest BCUT2D eigenvalue weighted by Crippen LogP contribution is -2.00. The number of aromatic amines is 1. The highest BCUT2D eigenvalue weighted by atomic mass is 16.5. The van der Waals surface area contributed by atoms with Crippen molar-refractivity contribution in [2.75, 3.05) is 0 Å². The highest BCUT2D eigenvalue weighted by molar-refractivity contribution is 5.96. The molecule has 0 saturated carbocycles. The van der Waals surface area contributed by atoms with E-state index in [4.69, 9.17) is 9.84 Å². The summed E-state index contributed by atoms with van der Waals surface area (Å²) in [5.41, 5.74) is 2.07. The number of rotatable bonds is 4. The standard InChI is InChI=1S/C16H13NO3/c18-16(19)13-8-12-6-7-17-15(12)14(9-13)20-10-11-4-2-1-3-5-11/h1-9,17H,10H2,(H,18,19). The van der Waals surface area contributed by atoms with Crippen LogP contribution in [0.1, 0.15) is 15.9 Å². The third-order valence-electron chi connectivity index (χ3n) is 3.11. The first kappa shape index (κ1) is 12.3. The van der Waals surface area contributed by atoms with Gasteiger partial charge in [0.1, 0.15) is 12.4 Å². The number of fused-ring (bicyclic) bond motifs is 1. The van der Waals surface area contributed by atoms with Crippen molar-refractivity contribution >= 4 is 16.9 Å². The minimum Gasteiger partial charge on any atom is -0.487 e.